The minimum atomic E-state index is -0.795. The first-order valence-electron chi connectivity index (χ1n) is 6.46. The van der Waals surface area contributed by atoms with Crippen LogP contribution in [0.2, 0.25) is 0 Å². The molecule has 6 nitrogen and oxygen atoms in total. The molecule has 18 heavy (non-hydrogen) atoms. The highest BCUT2D eigenvalue weighted by molar-refractivity contribution is 6.07. The topological polar surface area (TPSA) is 99.2 Å². The molecule has 1 saturated heterocycles. The SMILES string of the molecule is CC1CN(C(=O)C2(C(N)=NO)CCC2)CCC1O. The van der Waals surface area contributed by atoms with Gasteiger partial charge in [-0.05, 0) is 25.2 Å². The lowest BCUT2D eigenvalue weighted by Gasteiger charge is -2.44. The molecule has 4 N–H and O–H groups in total. The van der Waals surface area contributed by atoms with E-state index in [0.29, 0.717) is 32.4 Å². The number of hydrogen-bond acceptors (Lipinski definition) is 4. The number of amidine groups is 1. The predicted octanol–water partition coefficient (Wildman–Crippen LogP) is 0.132. The molecule has 102 valence electrons. The number of hydrogen-bond donors (Lipinski definition) is 3. The number of oxime groups is 1. The summed E-state index contributed by atoms with van der Waals surface area (Å²) in [5, 5.41) is 21.5. The van der Waals surface area contributed by atoms with E-state index in [9.17, 15) is 9.90 Å². The smallest absolute Gasteiger partial charge is 0.236 e. The molecular formula is C12H21N3O3. The van der Waals surface area contributed by atoms with Gasteiger partial charge in [0.15, 0.2) is 5.84 Å². The Balaban J connectivity index is 2.11. The van der Waals surface area contributed by atoms with Crippen LogP contribution in [0.25, 0.3) is 0 Å². The first kappa shape index (κ1) is 13.1. The van der Waals surface area contributed by atoms with Crippen LogP contribution in [0.4, 0.5) is 0 Å². The number of nitrogens with zero attached hydrogens (tertiary/aromatic N) is 2. The Labute approximate surface area is 106 Å². The van der Waals surface area contributed by atoms with E-state index in [1.165, 1.54) is 0 Å². The quantitative estimate of drug-likeness (QED) is 0.283. The third-order valence-electron chi connectivity index (χ3n) is 4.36. The summed E-state index contributed by atoms with van der Waals surface area (Å²) >= 11 is 0. The molecule has 2 atom stereocenters. The second kappa shape index (κ2) is 4.76. The van der Waals surface area contributed by atoms with Gasteiger partial charge in [-0.2, -0.15) is 0 Å². The van der Waals surface area contributed by atoms with E-state index in [4.69, 9.17) is 10.9 Å². The molecule has 2 rings (SSSR count). The minimum absolute atomic E-state index is 0.0255. The van der Waals surface area contributed by atoms with Crippen LogP contribution < -0.4 is 5.73 Å². The van der Waals surface area contributed by atoms with Gasteiger partial charge in [-0.25, -0.2) is 0 Å². The summed E-state index contributed by atoms with van der Waals surface area (Å²) in [5.74, 6) is 0.0486. The zero-order valence-corrected chi connectivity index (χ0v) is 10.7. The van der Waals surface area contributed by atoms with Gasteiger partial charge >= 0.3 is 0 Å². The summed E-state index contributed by atoms with van der Waals surface area (Å²) in [5.41, 5.74) is 4.89. The third-order valence-corrected chi connectivity index (χ3v) is 4.36. The average molecular weight is 255 g/mol. The van der Waals surface area contributed by atoms with Crippen molar-refractivity contribution in [1.82, 2.24) is 4.90 Å². The number of amides is 1. The fourth-order valence-corrected chi connectivity index (χ4v) is 2.83. The standard InChI is InChI=1S/C12H21N3O3/c1-8-7-15(6-3-9(8)16)11(17)12(4-2-5-12)10(13)14-18/h8-9,16,18H,2-7H2,1H3,(H2,13,14). The van der Waals surface area contributed by atoms with E-state index < -0.39 is 5.41 Å². The Morgan fingerprint density at radius 3 is 2.61 bits per heavy atom. The lowest BCUT2D eigenvalue weighted by atomic mass is 9.66. The summed E-state index contributed by atoms with van der Waals surface area (Å²) in [7, 11) is 0. The molecule has 0 bridgehead atoms. The highest BCUT2D eigenvalue weighted by Gasteiger charge is 2.50. The normalized spacial score (nSPS) is 31.9. The largest absolute Gasteiger partial charge is 0.409 e. The summed E-state index contributed by atoms with van der Waals surface area (Å²) in [6.07, 6.45) is 2.48. The van der Waals surface area contributed by atoms with Crippen molar-refractivity contribution in [2.45, 2.75) is 38.7 Å². The van der Waals surface area contributed by atoms with Crippen molar-refractivity contribution in [2.75, 3.05) is 13.1 Å². The van der Waals surface area contributed by atoms with Crippen LogP contribution in [0.1, 0.15) is 32.6 Å². The number of likely N-dealkylation sites (tertiary alicyclic amines) is 1. The lowest BCUT2D eigenvalue weighted by molar-refractivity contribution is -0.145. The monoisotopic (exact) mass is 255 g/mol. The maximum atomic E-state index is 12.5. The van der Waals surface area contributed by atoms with Crippen LogP contribution in [-0.4, -0.2) is 46.1 Å². The van der Waals surface area contributed by atoms with Gasteiger partial charge in [-0.1, -0.05) is 18.5 Å². The molecular weight excluding hydrogens is 234 g/mol. The fourth-order valence-electron chi connectivity index (χ4n) is 2.83. The molecule has 1 saturated carbocycles. The van der Waals surface area contributed by atoms with E-state index in [0.717, 1.165) is 6.42 Å². The molecule has 2 aliphatic rings. The molecule has 0 radical (unpaired) electrons. The van der Waals surface area contributed by atoms with Crippen molar-refractivity contribution in [2.24, 2.45) is 22.2 Å². The van der Waals surface area contributed by atoms with Crippen molar-refractivity contribution < 1.29 is 15.1 Å². The molecule has 2 fully saturated rings. The molecule has 6 heteroatoms. The van der Waals surface area contributed by atoms with Crippen LogP contribution in [0.15, 0.2) is 5.16 Å². The number of carbonyl (C=O) groups excluding carboxylic acids is 1. The van der Waals surface area contributed by atoms with Gasteiger partial charge in [-0.15, -0.1) is 0 Å². The van der Waals surface area contributed by atoms with Gasteiger partial charge in [0.05, 0.1) is 6.10 Å². The average Bonchev–Trinajstić information content (AvgIpc) is 2.30. The molecule has 0 aromatic heterocycles. The Bertz CT molecular complexity index is 366. The van der Waals surface area contributed by atoms with Crippen LogP contribution in [-0.2, 0) is 4.79 Å². The molecule has 0 aromatic rings. The fraction of sp³-hybridized carbons (Fsp3) is 0.833. The van der Waals surface area contributed by atoms with Crippen molar-refractivity contribution in [3.63, 3.8) is 0 Å². The molecule has 1 amide bonds. The van der Waals surface area contributed by atoms with E-state index in [-0.39, 0.29) is 23.8 Å². The number of nitrogens with two attached hydrogens (primary N) is 1. The van der Waals surface area contributed by atoms with Crippen LogP contribution in [0.5, 0.6) is 0 Å². The predicted molar refractivity (Wildman–Crippen MR) is 66.1 cm³/mol. The summed E-state index contributed by atoms with van der Waals surface area (Å²) in [4.78, 5) is 14.3. The van der Waals surface area contributed by atoms with Gasteiger partial charge in [0.2, 0.25) is 5.91 Å². The van der Waals surface area contributed by atoms with Crippen molar-refractivity contribution in [3.8, 4) is 0 Å². The van der Waals surface area contributed by atoms with Gasteiger partial charge in [0, 0.05) is 13.1 Å². The zero-order valence-electron chi connectivity index (χ0n) is 10.7. The van der Waals surface area contributed by atoms with Crippen LogP contribution >= 0.6 is 0 Å². The number of rotatable bonds is 2. The maximum Gasteiger partial charge on any atom is 0.236 e. The highest BCUT2D eigenvalue weighted by atomic mass is 16.4. The number of aliphatic hydroxyl groups excluding tert-OH is 1. The lowest BCUT2D eigenvalue weighted by Crippen LogP contribution is -2.58. The van der Waals surface area contributed by atoms with E-state index in [1.807, 2.05) is 6.92 Å². The van der Waals surface area contributed by atoms with Gasteiger partial charge in [0.1, 0.15) is 5.41 Å². The Hall–Kier alpha value is -1.30. The molecule has 2 unspecified atom stereocenters. The van der Waals surface area contributed by atoms with E-state index in [1.54, 1.807) is 4.90 Å². The van der Waals surface area contributed by atoms with Crippen molar-refractivity contribution in [1.29, 1.82) is 0 Å². The van der Waals surface area contributed by atoms with Crippen molar-refractivity contribution >= 4 is 11.7 Å². The van der Waals surface area contributed by atoms with Gasteiger partial charge < -0.3 is 20.9 Å². The summed E-state index contributed by atoms with van der Waals surface area (Å²) < 4.78 is 0. The number of carbonyl (C=O) groups is 1. The van der Waals surface area contributed by atoms with E-state index >= 15 is 0 Å². The molecule has 0 aromatic carbocycles. The van der Waals surface area contributed by atoms with Gasteiger partial charge in [-0.3, -0.25) is 4.79 Å². The second-order valence-corrected chi connectivity index (χ2v) is 5.51. The first-order chi connectivity index (χ1) is 8.51. The van der Waals surface area contributed by atoms with Crippen LogP contribution in [0.3, 0.4) is 0 Å². The summed E-state index contributed by atoms with van der Waals surface area (Å²) in [6, 6.07) is 0. The van der Waals surface area contributed by atoms with Gasteiger partial charge in [0.25, 0.3) is 0 Å². The Morgan fingerprint density at radius 2 is 2.17 bits per heavy atom. The first-order valence-corrected chi connectivity index (χ1v) is 6.46. The van der Waals surface area contributed by atoms with Crippen molar-refractivity contribution in [3.05, 3.63) is 0 Å². The maximum absolute atomic E-state index is 12.5. The number of piperidine rings is 1. The highest BCUT2D eigenvalue weighted by Crippen LogP contribution is 2.43. The Morgan fingerprint density at radius 1 is 1.50 bits per heavy atom. The second-order valence-electron chi connectivity index (χ2n) is 5.51. The molecule has 1 aliphatic carbocycles. The van der Waals surface area contributed by atoms with E-state index in [2.05, 4.69) is 5.16 Å². The number of aliphatic hydroxyl groups is 1. The molecule has 0 spiro atoms. The zero-order chi connectivity index (χ0) is 13.3. The minimum Gasteiger partial charge on any atom is -0.409 e. The molecule has 1 heterocycles. The van der Waals surface area contributed by atoms with Crippen LogP contribution in [0, 0.1) is 11.3 Å². The summed E-state index contributed by atoms with van der Waals surface area (Å²) in [6.45, 7) is 3.02. The Kier molecular flexibility index (Phi) is 3.47. The molecule has 1 aliphatic heterocycles. The third kappa shape index (κ3) is 1.94.